The highest BCUT2D eigenvalue weighted by atomic mass is 32.1. The molecule has 34 heavy (non-hydrogen) atoms. The lowest BCUT2D eigenvalue weighted by Gasteiger charge is -2.34. The van der Waals surface area contributed by atoms with E-state index in [9.17, 15) is 9.59 Å². The van der Waals surface area contributed by atoms with E-state index in [1.54, 1.807) is 11.3 Å². The molecule has 1 fully saturated rings. The van der Waals surface area contributed by atoms with Crippen molar-refractivity contribution in [3.63, 3.8) is 0 Å². The molecule has 1 saturated heterocycles. The topological polar surface area (TPSA) is 64.7 Å². The van der Waals surface area contributed by atoms with Crippen LogP contribution in [0.25, 0.3) is 0 Å². The number of hydrogen-bond donors (Lipinski definition) is 2. The van der Waals surface area contributed by atoms with Crippen molar-refractivity contribution in [2.24, 2.45) is 0 Å². The van der Waals surface area contributed by atoms with Crippen LogP contribution >= 0.6 is 11.3 Å². The van der Waals surface area contributed by atoms with Gasteiger partial charge in [0.2, 0.25) is 11.8 Å². The van der Waals surface area contributed by atoms with E-state index in [0.29, 0.717) is 13.1 Å². The number of nitrogens with zero attached hydrogens (tertiary/aromatic N) is 2. The standard InChI is InChI=1S/C27H32N4O2S/c1-20-8-6-11-23(21(20)2)28-25(32)18-30-13-15-31(16-14-30)19-26(33)29-27(24-12-7-17-34-24)22-9-4-3-5-10-22/h3-12,17,27H,13-16,18-19H2,1-2H3,(H,28,32)(H,29,33)/t27-/m0/s1. The van der Waals surface area contributed by atoms with E-state index in [-0.39, 0.29) is 17.9 Å². The molecule has 6 nitrogen and oxygen atoms in total. The molecule has 0 aliphatic carbocycles. The van der Waals surface area contributed by atoms with Crippen LogP contribution in [0.15, 0.2) is 66.0 Å². The molecule has 1 aliphatic heterocycles. The van der Waals surface area contributed by atoms with Gasteiger partial charge >= 0.3 is 0 Å². The summed E-state index contributed by atoms with van der Waals surface area (Å²) in [6.07, 6.45) is 0. The number of nitrogens with one attached hydrogen (secondary N) is 2. The van der Waals surface area contributed by atoms with Crippen LogP contribution < -0.4 is 10.6 Å². The second-order valence-electron chi connectivity index (χ2n) is 8.77. The number of carbonyl (C=O) groups is 2. The van der Waals surface area contributed by atoms with Crippen LogP contribution in [0.3, 0.4) is 0 Å². The maximum absolute atomic E-state index is 12.9. The minimum atomic E-state index is -0.135. The average Bonchev–Trinajstić information content (AvgIpc) is 3.37. The van der Waals surface area contributed by atoms with Crippen molar-refractivity contribution in [3.8, 4) is 0 Å². The average molecular weight is 477 g/mol. The van der Waals surface area contributed by atoms with Gasteiger partial charge in [-0.25, -0.2) is 0 Å². The Labute approximate surface area is 205 Å². The molecule has 2 heterocycles. The zero-order valence-corrected chi connectivity index (χ0v) is 20.6. The third-order valence-corrected chi connectivity index (χ3v) is 7.28. The van der Waals surface area contributed by atoms with Crippen molar-refractivity contribution >= 4 is 28.8 Å². The normalized spacial score (nSPS) is 15.6. The van der Waals surface area contributed by atoms with Gasteiger partial charge < -0.3 is 10.6 Å². The first-order valence-corrected chi connectivity index (χ1v) is 12.6. The number of aryl methyl sites for hydroxylation is 1. The summed E-state index contributed by atoms with van der Waals surface area (Å²) in [5.74, 6) is 0.0184. The first-order chi connectivity index (χ1) is 16.5. The molecule has 2 N–H and O–H groups in total. The van der Waals surface area contributed by atoms with Crippen LogP contribution in [0.5, 0.6) is 0 Å². The number of thiophene rings is 1. The van der Waals surface area contributed by atoms with E-state index in [1.165, 1.54) is 5.56 Å². The van der Waals surface area contributed by atoms with Gasteiger partial charge in [0.05, 0.1) is 19.1 Å². The number of hydrogen-bond acceptors (Lipinski definition) is 5. The Kier molecular flexibility index (Phi) is 8.11. The highest BCUT2D eigenvalue weighted by Crippen LogP contribution is 2.26. The summed E-state index contributed by atoms with van der Waals surface area (Å²) >= 11 is 1.65. The molecule has 178 valence electrons. The van der Waals surface area contributed by atoms with Gasteiger partial charge in [-0.05, 0) is 48.1 Å². The number of carbonyl (C=O) groups excluding carboxylic acids is 2. The minimum Gasteiger partial charge on any atom is -0.343 e. The molecular weight excluding hydrogens is 444 g/mol. The maximum Gasteiger partial charge on any atom is 0.238 e. The van der Waals surface area contributed by atoms with Crippen LogP contribution in [-0.4, -0.2) is 60.9 Å². The third-order valence-electron chi connectivity index (χ3n) is 6.34. The first-order valence-electron chi connectivity index (χ1n) is 11.7. The van der Waals surface area contributed by atoms with E-state index in [1.807, 2.05) is 73.8 Å². The van der Waals surface area contributed by atoms with Gasteiger partial charge in [-0.3, -0.25) is 19.4 Å². The summed E-state index contributed by atoms with van der Waals surface area (Å²) in [5, 5.41) is 8.29. The predicted molar refractivity (Wildman–Crippen MR) is 138 cm³/mol. The second kappa shape index (κ2) is 11.4. The number of benzene rings is 2. The monoisotopic (exact) mass is 476 g/mol. The zero-order chi connectivity index (χ0) is 23.9. The number of piperazine rings is 1. The SMILES string of the molecule is Cc1cccc(NC(=O)CN2CCN(CC(=O)N[C@@H](c3ccccc3)c3cccs3)CC2)c1C. The molecule has 1 atom stereocenters. The predicted octanol–water partition coefficient (Wildman–Crippen LogP) is 3.83. The van der Waals surface area contributed by atoms with Crippen molar-refractivity contribution < 1.29 is 9.59 Å². The fourth-order valence-corrected chi connectivity index (χ4v) is 5.02. The molecule has 3 aromatic rings. The minimum absolute atomic E-state index is 0.00143. The fraction of sp³-hybridized carbons (Fsp3) is 0.333. The lowest BCUT2D eigenvalue weighted by atomic mass is 10.1. The van der Waals surface area contributed by atoms with Crippen LogP contribution in [-0.2, 0) is 9.59 Å². The lowest BCUT2D eigenvalue weighted by Crippen LogP contribution is -2.51. The zero-order valence-electron chi connectivity index (χ0n) is 19.8. The van der Waals surface area contributed by atoms with Crippen LogP contribution in [0, 0.1) is 13.8 Å². The molecule has 0 unspecified atom stereocenters. The summed E-state index contributed by atoms with van der Waals surface area (Å²) in [6.45, 7) is 7.84. The Hall–Kier alpha value is -3.00. The Morgan fingerprint density at radius 1 is 0.853 bits per heavy atom. The number of rotatable bonds is 8. The Bertz CT molecular complexity index is 1090. The van der Waals surface area contributed by atoms with Gasteiger partial charge in [0.15, 0.2) is 0 Å². The van der Waals surface area contributed by atoms with Gasteiger partial charge in [-0.2, -0.15) is 0 Å². The smallest absolute Gasteiger partial charge is 0.238 e. The fourth-order valence-electron chi connectivity index (χ4n) is 4.21. The van der Waals surface area contributed by atoms with E-state index >= 15 is 0 Å². The molecule has 2 aromatic carbocycles. The highest BCUT2D eigenvalue weighted by molar-refractivity contribution is 7.10. The molecule has 1 aliphatic rings. The van der Waals surface area contributed by atoms with E-state index in [4.69, 9.17) is 0 Å². The van der Waals surface area contributed by atoms with Gasteiger partial charge in [0.1, 0.15) is 0 Å². The van der Waals surface area contributed by atoms with Gasteiger partial charge in [0.25, 0.3) is 0 Å². The van der Waals surface area contributed by atoms with Gasteiger partial charge in [-0.15, -0.1) is 11.3 Å². The Balaban J connectivity index is 1.25. The third kappa shape index (κ3) is 6.32. The van der Waals surface area contributed by atoms with Gasteiger partial charge in [-0.1, -0.05) is 48.5 Å². The van der Waals surface area contributed by atoms with E-state index in [2.05, 4.69) is 26.5 Å². The van der Waals surface area contributed by atoms with Crippen LogP contribution in [0.4, 0.5) is 5.69 Å². The molecule has 0 spiro atoms. The van der Waals surface area contributed by atoms with Gasteiger partial charge in [0, 0.05) is 36.7 Å². The van der Waals surface area contributed by atoms with Crippen molar-refractivity contribution in [3.05, 3.63) is 87.6 Å². The Morgan fingerprint density at radius 2 is 1.53 bits per heavy atom. The molecule has 4 rings (SSSR count). The summed E-state index contributed by atoms with van der Waals surface area (Å²) < 4.78 is 0. The number of anilines is 1. The molecule has 7 heteroatoms. The molecule has 0 saturated carbocycles. The molecular formula is C27H32N4O2S. The largest absolute Gasteiger partial charge is 0.343 e. The van der Waals surface area contributed by atoms with E-state index in [0.717, 1.165) is 47.9 Å². The quantitative estimate of drug-likeness (QED) is 0.519. The second-order valence-corrected chi connectivity index (χ2v) is 9.75. The lowest BCUT2D eigenvalue weighted by molar-refractivity contribution is -0.124. The van der Waals surface area contributed by atoms with Crippen molar-refractivity contribution in [1.82, 2.24) is 15.1 Å². The van der Waals surface area contributed by atoms with Crippen molar-refractivity contribution in [2.45, 2.75) is 19.9 Å². The summed E-state index contributed by atoms with van der Waals surface area (Å²) in [5.41, 5.74) is 4.22. The molecule has 0 radical (unpaired) electrons. The highest BCUT2D eigenvalue weighted by Gasteiger charge is 2.23. The molecule has 2 amide bonds. The molecule has 1 aromatic heterocycles. The maximum atomic E-state index is 12.9. The first kappa shape index (κ1) is 24.1. The van der Waals surface area contributed by atoms with Crippen molar-refractivity contribution in [1.29, 1.82) is 0 Å². The van der Waals surface area contributed by atoms with Crippen LogP contribution in [0.1, 0.15) is 27.6 Å². The van der Waals surface area contributed by atoms with Crippen molar-refractivity contribution in [2.75, 3.05) is 44.6 Å². The summed E-state index contributed by atoms with van der Waals surface area (Å²) in [6, 6.07) is 20.0. The summed E-state index contributed by atoms with van der Waals surface area (Å²) in [7, 11) is 0. The number of amides is 2. The van der Waals surface area contributed by atoms with Crippen LogP contribution in [0.2, 0.25) is 0 Å². The Morgan fingerprint density at radius 3 is 2.18 bits per heavy atom. The van der Waals surface area contributed by atoms with E-state index < -0.39 is 0 Å². The summed E-state index contributed by atoms with van der Waals surface area (Å²) in [4.78, 5) is 30.9. The molecule has 0 bridgehead atoms.